The van der Waals surface area contributed by atoms with Gasteiger partial charge in [-0.25, -0.2) is 17.5 Å². The van der Waals surface area contributed by atoms with Crippen molar-refractivity contribution in [3.05, 3.63) is 77.1 Å². The molecule has 0 atom stereocenters. The summed E-state index contributed by atoms with van der Waals surface area (Å²) in [6.07, 6.45) is 1.67. The van der Waals surface area contributed by atoms with Crippen LogP contribution in [-0.4, -0.2) is 13.4 Å². The molecule has 0 saturated heterocycles. The topological polar surface area (TPSA) is 59.1 Å². The van der Waals surface area contributed by atoms with E-state index in [0.717, 1.165) is 16.1 Å². The standard InChI is InChI=1S/C17H15FN2O2S2/c18-15-7-2-1-5-14(15)12-24(21,22)20-11-13-6-3-9-19-17(13)16-8-4-10-23-16/h1-10,20H,11-12H2. The Labute approximate surface area is 144 Å². The summed E-state index contributed by atoms with van der Waals surface area (Å²) >= 11 is 1.54. The average Bonchev–Trinajstić information content (AvgIpc) is 3.10. The van der Waals surface area contributed by atoms with Gasteiger partial charge in [-0.3, -0.25) is 4.98 Å². The molecule has 1 N–H and O–H groups in total. The summed E-state index contributed by atoms with van der Waals surface area (Å²) < 4.78 is 40.6. The van der Waals surface area contributed by atoms with E-state index in [-0.39, 0.29) is 12.1 Å². The second kappa shape index (κ2) is 7.21. The van der Waals surface area contributed by atoms with Gasteiger partial charge in [0.05, 0.1) is 16.3 Å². The number of thiophene rings is 1. The molecule has 0 aliphatic heterocycles. The first-order valence-electron chi connectivity index (χ1n) is 7.24. The average molecular weight is 362 g/mol. The zero-order valence-corrected chi connectivity index (χ0v) is 14.3. The minimum absolute atomic E-state index is 0.109. The number of rotatable bonds is 6. The molecule has 1 aromatic carbocycles. The number of hydrogen-bond acceptors (Lipinski definition) is 4. The van der Waals surface area contributed by atoms with E-state index in [0.29, 0.717) is 0 Å². The van der Waals surface area contributed by atoms with Crippen molar-refractivity contribution in [1.82, 2.24) is 9.71 Å². The van der Waals surface area contributed by atoms with Crippen LogP contribution in [0, 0.1) is 5.82 Å². The zero-order valence-electron chi connectivity index (χ0n) is 12.6. The summed E-state index contributed by atoms with van der Waals surface area (Å²) in [5, 5.41) is 1.94. The van der Waals surface area contributed by atoms with Gasteiger partial charge in [-0.05, 0) is 29.1 Å². The van der Waals surface area contributed by atoms with Crippen LogP contribution in [0.4, 0.5) is 4.39 Å². The third kappa shape index (κ3) is 4.05. The monoisotopic (exact) mass is 362 g/mol. The number of halogens is 1. The molecular weight excluding hydrogens is 347 g/mol. The highest BCUT2D eigenvalue weighted by atomic mass is 32.2. The Bertz CT molecular complexity index is 925. The smallest absolute Gasteiger partial charge is 0.216 e. The van der Waals surface area contributed by atoms with Gasteiger partial charge in [0.15, 0.2) is 0 Å². The first kappa shape index (κ1) is 16.8. The number of pyridine rings is 1. The quantitative estimate of drug-likeness (QED) is 0.729. The number of aromatic nitrogens is 1. The summed E-state index contributed by atoms with van der Waals surface area (Å²) in [6.45, 7) is 0.109. The van der Waals surface area contributed by atoms with Gasteiger partial charge in [-0.15, -0.1) is 11.3 Å². The Kier molecular flexibility index (Phi) is 5.03. The Morgan fingerprint density at radius 3 is 2.58 bits per heavy atom. The highest BCUT2D eigenvalue weighted by Gasteiger charge is 2.15. The van der Waals surface area contributed by atoms with Crippen molar-refractivity contribution in [2.45, 2.75) is 12.3 Å². The highest BCUT2D eigenvalue weighted by molar-refractivity contribution is 7.88. The van der Waals surface area contributed by atoms with Crippen LogP contribution in [0.1, 0.15) is 11.1 Å². The van der Waals surface area contributed by atoms with Crippen LogP contribution in [0.2, 0.25) is 0 Å². The molecule has 2 heterocycles. The lowest BCUT2D eigenvalue weighted by Crippen LogP contribution is -2.25. The molecule has 2 aromatic heterocycles. The first-order valence-corrected chi connectivity index (χ1v) is 9.77. The van der Waals surface area contributed by atoms with Gasteiger partial charge in [0.2, 0.25) is 10.0 Å². The molecule has 0 aliphatic rings. The van der Waals surface area contributed by atoms with E-state index < -0.39 is 21.6 Å². The lowest BCUT2D eigenvalue weighted by molar-refractivity contribution is 0.574. The summed E-state index contributed by atoms with van der Waals surface area (Å²) in [5.41, 5.74) is 1.67. The molecule has 0 radical (unpaired) electrons. The van der Waals surface area contributed by atoms with E-state index in [4.69, 9.17) is 0 Å². The molecule has 0 amide bonds. The lowest BCUT2D eigenvalue weighted by Gasteiger charge is -2.10. The number of benzene rings is 1. The molecule has 3 aromatic rings. The van der Waals surface area contributed by atoms with Crippen molar-refractivity contribution < 1.29 is 12.8 Å². The van der Waals surface area contributed by atoms with E-state index in [9.17, 15) is 12.8 Å². The van der Waals surface area contributed by atoms with Crippen molar-refractivity contribution in [1.29, 1.82) is 0 Å². The fourth-order valence-corrected chi connectivity index (χ4v) is 4.15. The van der Waals surface area contributed by atoms with Gasteiger partial charge in [0.25, 0.3) is 0 Å². The van der Waals surface area contributed by atoms with Crippen LogP contribution in [0.25, 0.3) is 10.6 Å². The number of nitrogens with one attached hydrogen (secondary N) is 1. The van der Waals surface area contributed by atoms with E-state index in [2.05, 4.69) is 9.71 Å². The van der Waals surface area contributed by atoms with Gasteiger partial charge in [0, 0.05) is 18.3 Å². The lowest BCUT2D eigenvalue weighted by atomic mass is 10.2. The van der Waals surface area contributed by atoms with Crippen molar-refractivity contribution in [3.63, 3.8) is 0 Å². The summed E-state index contributed by atoms with van der Waals surface area (Å²) in [7, 11) is -3.66. The largest absolute Gasteiger partial charge is 0.255 e. The number of sulfonamides is 1. The Morgan fingerprint density at radius 1 is 1.04 bits per heavy atom. The second-order valence-electron chi connectivity index (χ2n) is 5.16. The zero-order chi connectivity index (χ0) is 17.0. The van der Waals surface area contributed by atoms with Crippen molar-refractivity contribution >= 4 is 21.4 Å². The Balaban J connectivity index is 1.75. The van der Waals surface area contributed by atoms with Crippen molar-refractivity contribution in [2.24, 2.45) is 0 Å². The van der Waals surface area contributed by atoms with Crippen LogP contribution in [0.15, 0.2) is 60.1 Å². The van der Waals surface area contributed by atoms with Crippen LogP contribution in [-0.2, 0) is 22.3 Å². The second-order valence-corrected chi connectivity index (χ2v) is 7.91. The van der Waals surface area contributed by atoms with Crippen molar-refractivity contribution in [3.8, 4) is 10.6 Å². The fourth-order valence-electron chi connectivity index (χ4n) is 2.28. The molecule has 3 rings (SSSR count). The van der Waals surface area contributed by atoms with Gasteiger partial charge in [0.1, 0.15) is 5.82 Å². The molecule has 0 spiro atoms. The van der Waals surface area contributed by atoms with Gasteiger partial charge in [-0.2, -0.15) is 0 Å². The Hall–Kier alpha value is -2.09. The highest BCUT2D eigenvalue weighted by Crippen LogP contribution is 2.25. The minimum Gasteiger partial charge on any atom is -0.255 e. The molecule has 4 nitrogen and oxygen atoms in total. The fraction of sp³-hybridized carbons (Fsp3) is 0.118. The van der Waals surface area contributed by atoms with E-state index in [1.807, 2.05) is 23.6 Å². The predicted molar refractivity (Wildman–Crippen MR) is 93.4 cm³/mol. The third-order valence-electron chi connectivity index (χ3n) is 3.43. The molecule has 0 unspecified atom stereocenters. The van der Waals surface area contributed by atoms with Crippen LogP contribution >= 0.6 is 11.3 Å². The van der Waals surface area contributed by atoms with Crippen LogP contribution in [0.5, 0.6) is 0 Å². The van der Waals surface area contributed by atoms with E-state index in [1.54, 1.807) is 18.3 Å². The molecule has 124 valence electrons. The maximum absolute atomic E-state index is 13.6. The molecular formula is C17H15FN2O2S2. The van der Waals surface area contributed by atoms with Gasteiger partial charge in [-0.1, -0.05) is 30.3 Å². The summed E-state index contributed by atoms with van der Waals surface area (Å²) in [4.78, 5) is 5.31. The number of nitrogens with zero attached hydrogens (tertiary/aromatic N) is 1. The molecule has 0 aliphatic carbocycles. The third-order valence-corrected chi connectivity index (χ3v) is 5.58. The number of hydrogen-bond donors (Lipinski definition) is 1. The Morgan fingerprint density at radius 2 is 1.83 bits per heavy atom. The SMILES string of the molecule is O=S(=O)(Cc1ccccc1F)NCc1cccnc1-c1cccs1. The molecule has 0 saturated carbocycles. The van der Waals surface area contributed by atoms with Crippen LogP contribution in [0.3, 0.4) is 0 Å². The maximum Gasteiger partial charge on any atom is 0.216 e. The van der Waals surface area contributed by atoms with E-state index >= 15 is 0 Å². The maximum atomic E-state index is 13.6. The normalized spacial score (nSPS) is 11.5. The molecule has 7 heteroatoms. The molecule has 0 fully saturated rings. The summed E-state index contributed by atoms with van der Waals surface area (Å²) in [5.74, 6) is -0.919. The molecule has 0 bridgehead atoms. The first-order chi connectivity index (χ1) is 11.6. The minimum atomic E-state index is -3.66. The molecule has 24 heavy (non-hydrogen) atoms. The van der Waals surface area contributed by atoms with Gasteiger partial charge >= 0.3 is 0 Å². The van der Waals surface area contributed by atoms with Gasteiger partial charge < -0.3 is 0 Å². The predicted octanol–water partition coefficient (Wildman–Crippen LogP) is 3.57. The summed E-state index contributed by atoms with van der Waals surface area (Å²) in [6, 6.07) is 13.3. The van der Waals surface area contributed by atoms with E-state index in [1.165, 1.54) is 29.5 Å². The van der Waals surface area contributed by atoms with Crippen LogP contribution < -0.4 is 4.72 Å². The van der Waals surface area contributed by atoms with Crippen molar-refractivity contribution in [2.75, 3.05) is 0 Å².